The van der Waals surface area contributed by atoms with E-state index in [9.17, 15) is 19.8 Å². The molecule has 1 amide bonds. The number of nitrogens with zero attached hydrogens (tertiary/aromatic N) is 2. The standard InChI is InChI=1S/C19H22N2O4S/c22-16-8-10-21(17(23)15-11-26-13-20-15)12-19(16,18(24)25)9-4-7-14-5-2-1-3-6-14/h1-3,5-6,11,13,16,22H,4,7-10,12H2,(H,24,25)/t16-,19+/m0/s1. The van der Waals surface area contributed by atoms with Crippen molar-refractivity contribution < 1.29 is 19.8 Å². The summed E-state index contributed by atoms with van der Waals surface area (Å²) in [5.41, 5.74) is 1.71. The van der Waals surface area contributed by atoms with Crippen molar-refractivity contribution in [2.45, 2.75) is 31.8 Å². The van der Waals surface area contributed by atoms with Gasteiger partial charge in [-0.15, -0.1) is 11.3 Å². The Morgan fingerprint density at radius 1 is 1.31 bits per heavy atom. The minimum Gasteiger partial charge on any atom is -0.481 e. The molecular weight excluding hydrogens is 352 g/mol. The Kier molecular flexibility index (Phi) is 5.68. The normalized spacial score (nSPS) is 23.0. The zero-order valence-corrected chi connectivity index (χ0v) is 15.2. The summed E-state index contributed by atoms with van der Waals surface area (Å²) >= 11 is 1.33. The molecular formula is C19H22N2O4S. The highest BCUT2D eigenvalue weighted by Crippen LogP contribution is 2.36. The Labute approximate surface area is 156 Å². The van der Waals surface area contributed by atoms with E-state index in [2.05, 4.69) is 4.98 Å². The molecule has 3 rings (SSSR count). The van der Waals surface area contributed by atoms with Gasteiger partial charge in [0, 0.05) is 18.5 Å². The van der Waals surface area contributed by atoms with E-state index in [4.69, 9.17) is 0 Å². The van der Waals surface area contributed by atoms with Crippen LogP contribution in [-0.2, 0) is 11.2 Å². The number of thiazole rings is 1. The highest BCUT2D eigenvalue weighted by molar-refractivity contribution is 7.07. The highest BCUT2D eigenvalue weighted by Gasteiger charge is 2.49. The zero-order valence-electron chi connectivity index (χ0n) is 14.4. The topological polar surface area (TPSA) is 90.7 Å². The van der Waals surface area contributed by atoms with Crippen LogP contribution in [-0.4, -0.2) is 51.2 Å². The van der Waals surface area contributed by atoms with Gasteiger partial charge in [0.25, 0.3) is 5.91 Å². The molecule has 26 heavy (non-hydrogen) atoms. The Balaban J connectivity index is 1.72. The quantitative estimate of drug-likeness (QED) is 0.810. The van der Waals surface area contributed by atoms with Crippen LogP contribution in [0.3, 0.4) is 0 Å². The molecule has 0 aliphatic carbocycles. The molecule has 2 N–H and O–H groups in total. The van der Waals surface area contributed by atoms with Gasteiger partial charge in [-0.25, -0.2) is 4.98 Å². The minimum atomic E-state index is -1.33. The van der Waals surface area contributed by atoms with Gasteiger partial charge in [0.05, 0.1) is 11.6 Å². The fourth-order valence-corrected chi connectivity index (χ4v) is 4.07. The summed E-state index contributed by atoms with van der Waals surface area (Å²) in [6.45, 7) is 0.347. The zero-order chi connectivity index (χ0) is 18.6. The second-order valence-corrected chi connectivity index (χ2v) is 7.42. The molecule has 0 saturated carbocycles. The molecule has 1 aromatic heterocycles. The number of aliphatic carboxylic acids is 1. The van der Waals surface area contributed by atoms with Crippen LogP contribution in [0.25, 0.3) is 0 Å². The highest BCUT2D eigenvalue weighted by atomic mass is 32.1. The van der Waals surface area contributed by atoms with Crippen LogP contribution in [0.1, 0.15) is 35.3 Å². The van der Waals surface area contributed by atoms with Crippen LogP contribution in [0.4, 0.5) is 0 Å². The first-order valence-electron chi connectivity index (χ1n) is 8.66. The van der Waals surface area contributed by atoms with Crippen LogP contribution in [0.5, 0.6) is 0 Å². The third-order valence-electron chi connectivity index (χ3n) is 5.08. The smallest absolute Gasteiger partial charge is 0.314 e. The van der Waals surface area contributed by atoms with E-state index in [1.807, 2.05) is 30.3 Å². The summed E-state index contributed by atoms with van der Waals surface area (Å²) in [7, 11) is 0. The van der Waals surface area contributed by atoms with Gasteiger partial charge in [-0.2, -0.15) is 0 Å². The fourth-order valence-electron chi connectivity index (χ4n) is 3.55. The molecule has 7 heteroatoms. The van der Waals surface area contributed by atoms with Crippen molar-refractivity contribution >= 4 is 23.2 Å². The summed E-state index contributed by atoms with van der Waals surface area (Å²) in [6.07, 6.45) is 0.983. The number of aliphatic hydroxyl groups excluding tert-OH is 1. The number of hydrogen-bond acceptors (Lipinski definition) is 5. The molecule has 1 aromatic carbocycles. The predicted molar refractivity (Wildman–Crippen MR) is 98.1 cm³/mol. The lowest BCUT2D eigenvalue weighted by molar-refractivity contribution is -0.162. The van der Waals surface area contributed by atoms with Crippen LogP contribution in [0.2, 0.25) is 0 Å². The first-order valence-corrected chi connectivity index (χ1v) is 9.60. The third kappa shape index (κ3) is 3.78. The lowest BCUT2D eigenvalue weighted by Gasteiger charge is -2.43. The number of amides is 1. The molecule has 0 unspecified atom stereocenters. The number of carbonyl (C=O) groups is 2. The average Bonchev–Trinajstić information content (AvgIpc) is 3.18. The number of likely N-dealkylation sites (tertiary alicyclic amines) is 1. The second kappa shape index (κ2) is 7.97. The molecule has 2 aromatic rings. The van der Waals surface area contributed by atoms with Crippen LogP contribution >= 0.6 is 11.3 Å². The van der Waals surface area contributed by atoms with Gasteiger partial charge in [0.2, 0.25) is 0 Å². The van der Waals surface area contributed by atoms with Crippen molar-refractivity contribution in [1.29, 1.82) is 0 Å². The number of aromatic nitrogens is 1. The van der Waals surface area contributed by atoms with Gasteiger partial charge in [-0.05, 0) is 31.2 Å². The molecule has 0 spiro atoms. The molecule has 0 radical (unpaired) electrons. The van der Waals surface area contributed by atoms with Crippen molar-refractivity contribution in [3.8, 4) is 0 Å². The summed E-state index contributed by atoms with van der Waals surface area (Å²) in [6, 6.07) is 9.85. The van der Waals surface area contributed by atoms with Gasteiger partial charge in [-0.3, -0.25) is 9.59 Å². The predicted octanol–water partition coefficient (Wildman–Crippen LogP) is 2.44. The van der Waals surface area contributed by atoms with Crippen LogP contribution in [0, 0.1) is 5.41 Å². The summed E-state index contributed by atoms with van der Waals surface area (Å²) in [5.74, 6) is -1.32. The number of carboxylic acids is 1. The lowest BCUT2D eigenvalue weighted by atomic mass is 9.73. The number of benzene rings is 1. The Morgan fingerprint density at radius 3 is 2.73 bits per heavy atom. The Bertz CT molecular complexity index is 750. The van der Waals surface area contributed by atoms with Crippen LogP contribution in [0.15, 0.2) is 41.2 Å². The molecule has 6 nitrogen and oxygen atoms in total. The van der Waals surface area contributed by atoms with Crippen molar-refractivity contribution in [1.82, 2.24) is 9.88 Å². The minimum absolute atomic E-state index is 0.00858. The van der Waals surface area contributed by atoms with Gasteiger partial charge in [-0.1, -0.05) is 30.3 Å². The number of aryl methyl sites for hydroxylation is 1. The van der Waals surface area contributed by atoms with Crippen molar-refractivity contribution in [2.75, 3.05) is 13.1 Å². The number of carboxylic acid groups (broad SMARTS) is 1. The molecule has 1 aliphatic heterocycles. The van der Waals surface area contributed by atoms with Crippen LogP contribution < -0.4 is 0 Å². The van der Waals surface area contributed by atoms with E-state index in [0.717, 1.165) is 12.0 Å². The molecule has 1 aliphatic rings. The van der Waals surface area contributed by atoms with Gasteiger partial charge in [0.15, 0.2) is 0 Å². The summed E-state index contributed by atoms with van der Waals surface area (Å²) in [5, 5.41) is 22.0. The van der Waals surface area contributed by atoms with Gasteiger partial charge < -0.3 is 15.1 Å². The van der Waals surface area contributed by atoms with Gasteiger partial charge >= 0.3 is 5.97 Å². The average molecular weight is 374 g/mol. The number of carbonyl (C=O) groups excluding carboxylic acids is 1. The number of rotatable bonds is 6. The first kappa shape index (κ1) is 18.5. The second-order valence-electron chi connectivity index (χ2n) is 6.71. The monoisotopic (exact) mass is 374 g/mol. The Morgan fingerprint density at radius 2 is 2.08 bits per heavy atom. The fraction of sp³-hybridized carbons (Fsp3) is 0.421. The SMILES string of the molecule is O=C(c1cscn1)N1CC[C@H](O)[C@](CCCc2ccccc2)(C(=O)O)C1. The third-order valence-corrected chi connectivity index (χ3v) is 5.67. The molecule has 1 fully saturated rings. The molecule has 1 saturated heterocycles. The van der Waals surface area contributed by atoms with E-state index in [1.165, 1.54) is 16.2 Å². The molecule has 138 valence electrons. The maximum absolute atomic E-state index is 12.6. The van der Waals surface area contributed by atoms with Crippen molar-refractivity contribution in [3.63, 3.8) is 0 Å². The van der Waals surface area contributed by atoms with E-state index < -0.39 is 17.5 Å². The number of piperidine rings is 1. The van der Waals surface area contributed by atoms with E-state index in [0.29, 0.717) is 25.1 Å². The Hall–Kier alpha value is -2.25. The first-order chi connectivity index (χ1) is 12.5. The van der Waals surface area contributed by atoms with E-state index in [-0.39, 0.29) is 18.9 Å². The van der Waals surface area contributed by atoms with E-state index >= 15 is 0 Å². The number of aliphatic hydroxyl groups is 1. The van der Waals surface area contributed by atoms with Crippen molar-refractivity contribution in [3.05, 3.63) is 52.5 Å². The maximum atomic E-state index is 12.6. The van der Waals surface area contributed by atoms with E-state index in [1.54, 1.807) is 10.9 Å². The summed E-state index contributed by atoms with van der Waals surface area (Å²) < 4.78 is 0. The summed E-state index contributed by atoms with van der Waals surface area (Å²) in [4.78, 5) is 30.2. The van der Waals surface area contributed by atoms with Crippen molar-refractivity contribution in [2.24, 2.45) is 5.41 Å². The molecule has 2 heterocycles. The molecule has 2 atom stereocenters. The molecule has 0 bridgehead atoms. The van der Waals surface area contributed by atoms with Gasteiger partial charge in [0.1, 0.15) is 11.1 Å². The lowest BCUT2D eigenvalue weighted by Crippen LogP contribution is -2.57. The largest absolute Gasteiger partial charge is 0.481 e. The maximum Gasteiger partial charge on any atom is 0.314 e. The number of hydrogen-bond donors (Lipinski definition) is 2.